The van der Waals surface area contributed by atoms with Crippen LogP contribution in [0.3, 0.4) is 0 Å². The van der Waals surface area contributed by atoms with Crippen molar-refractivity contribution in [3.63, 3.8) is 0 Å². The van der Waals surface area contributed by atoms with Crippen LogP contribution in [0, 0.1) is 0 Å². The van der Waals surface area contributed by atoms with Crippen molar-refractivity contribution in [3.05, 3.63) is 66.0 Å². The number of nitrogens with one attached hydrogen (secondary N) is 1. The van der Waals surface area contributed by atoms with Crippen molar-refractivity contribution in [2.45, 2.75) is 19.2 Å². The molecule has 9 nitrogen and oxygen atoms in total. The van der Waals surface area contributed by atoms with E-state index in [0.717, 1.165) is 28.6 Å². The van der Waals surface area contributed by atoms with E-state index in [1.54, 1.807) is 7.11 Å². The fraction of sp³-hybridized carbons (Fsp3) is 0.304. The Kier molecular flexibility index (Phi) is 8.47. The van der Waals surface area contributed by atoms with E-state index in [1.807, 2.05) is 53.4 Å². The van der Waals surface area contributed by atoms with Gasteiger partial charge in [0.1, 0.15) is 24.8 Å². The maximum absolute atomic E-state index is 12.4. The van der Waals surface area contributed by atoms with Crippen molar-refractivity contribution < 1.29 is 19.1 Å². The third-order valence-corrected chi connectivity index (χ3v) is 4.98. The van der Waals surface area contributed by atoms with E-state index in [-0.39, 0.29) is 11.9 Å². The van der Waals surface area contributed by atoms with E-state index >= 15 is 0 Å². The molecule has 9 heteroatoms. The number of piperazine rings is 1. The van der Waals surface area contributed by atoms with Crippen molar-refractivity contribution in [2.75, 3.05) is 32.5 Å². The van der Waals surface area contributed by atoms with Crippen LogP contribution in [-0.2, 0) is 32.2 Å². The Labute approximate surface area is 186 Å². The summed E-state index contributed by atoms with van der Waals surface area (Å²) in [5.74, 6) is 0.533. The lowest BCUT2D eigenvalue weighted by molar-refractivity contribution is -0.137. The molecular formula is C23H27N5O4. The second-order valence-electron chi connectivity index (χ2n) is 7.23. The Balaban J connectivity index is 0.000000243. The summed E-state index contributed by atoms with van der Waals surface area (Å²) in [7, 11) is 1.60. The van der Waals surface area contributed by atoms with Crippen molar-refractivity contribution >= 4 is 29.1 Å². The van der Waals surface area contributed by atoms with Crippen LogP contribution in [0.2, 0.25) is 0 Å². The first-order valence-electron chi connectivity index (χ1n) is 10.2. The van der Waals surface area contributed by atoms with Gasteiger partial charge in [0.15, 0.2) is 0 Å². The van der Waals surface area contributed by atoms with Gasteiger partial charge in [0.25, 0.3) is 6.47 Å². The van der Waals surface area contributed by atoms with Crippen LogP contribution >= 0.6 is 0 Å². The minimum absolute atomic E-state index is 0.0652. The van der Waals surface area contributed by atoms with Gasteiger partial charge in [0.05, 0.1) is 12.1 Å². The third kappa shape index (κ3) is 6.22. The fourth-order valence-electron chi connectivity index (χ4n) is 3.39. The van der Waals surface area contributed by atoms with Crippen molar-refractivity contribution in [3.8, 4) is 0 Å². The SMILES string of the molecule is COCC1NCCN(Cc2ccc3c(N)ncnc3c2)C1=O.O=COCc1ccccc1. The molecule has 0 radical (unpaired) electrons. The molecular weight excluding hydrogens is 410 g/mol. The summed E-state index contributed by atoms with van der Waals surface area (Å²) < 4.78 is 9.62. The number of carbonyl (C=O) groups excluding carboxylic acids is 2. The lowest BCUT2D eigenvalue weighted by Crippen LogP contribution is -2.56. The molecule has 0 bridgehead atoms. The lowest BCUT2D eigenvalue weighted by atomic mass is 10.1. The summed E-state index contributed by atoms with van der Waals surface area (Å²) in [5.41, 5.74) is 8.65. The van der Waals surface area contributed by atoms with Crippen LogP contribution in [-0.4, -0.2) is 60.1 Å². The standard InChI is InChI=1S/C15H19N5O2.C8H8O2/c1-22-8-13-15(21)20(5-4-17-13)7-10-2-3-11-12(6-10)18-9-19-14(11)16;9-7-10-6-8-4-2-1-3-5-8/h2-3,6,9,13,17H,4-5,7-8H2,1H3,(H2,16,18,19);1-5,7H,6H2. The molecule has 1 saturated heterocycles. The maximum Gasteiger partial charge on any atom is 0.293 e. The molecule has 0 saturated carbocycles. The Hall–Kier alpha value is -3.56. The first kappa shape index (κ1) is 23.1. The molecule has 32 heavy (non-hydrogen) atoms. The minimum atomic E-state index is -0.267. The first-order chi connectivity index (χ1) is 15.6. The number of methoxy groups -OCH3 is 1. The quantitative estimate of drug-likeness (QED) is 0.534. The molecule has 2 heterocycles. The summed E-state index contributed by atoms with van der Waals surface area (Å²) in [4.78, 5) is 32.2. The Morgan fingerprint density at radius 1 is 1.19 bits per heavy atom. The Bertz CT molecular complexity index is 1030. The van der Waals surface area contributed by atoms with Gasteiger partial charge in [0.2, 0.25) is 5.91 Å². The average molecular weight is 438 g/mol. The second-order valence-corrected chi connectivity index (χ2v) is 7.23. The summed E-state index contributed by atoms with van der Waals surface area (Å²) in [6.07, 6.45) is 1.45. The number of ether oxygens (including phenoxy) is 2. The van der Waals surface area contributed by atoms with Gasteiger partial charge in [-0.1, -0.05) is 36.4 Å². The predicted octanol–water partition coefficient (Wildman–Crippen LogP) is 1.52. The minimum Gasteiger partial charge on any atom is -0.463 e. The van der Waals surface area contributed by atoms with Crippen LogP contribution < -0.4 is 11.1 Å². The molecule has 2 aromatic carbocycles. The number of anilines is 1. The van der Waals surface area contributed by atoms with Gasteiger partial charge in [-0.15, -0.1) is 0 Å². The largest absolute Gasteiger partial charge is 0.463 e. The van der Waals surface area contributed by atoms with Gasteiger partial charge in [-0.2, -0.15) is 0 Å². The highest BCUT2D eigenvalue weighted by molar-refractivity contribution is 5.88. The molecule has 1 aliphatic rings. The Morgan fingerprint density at radius 2 is 2.00 bits per heavy atom. The summed E-state index contributed by atoms with van der Waals surface area (Å²) in [6.45, 7) is 3.21. The van der Waals surface area contributed by atoms with Crippen LogP contribution in [0.1, 0.15) is 11.1 Å². The number of hydrogen-bond donors (Lipinski definition) is 2. The van der Waals surface area contributed by atoms with E-state index in [0.29, 0.717) is 38.6 Å². The first-order valence-corrected chi connectivity index (χ1v) is 10.2. The van der Waals surface area contributed by atoms with E-state index < -0.39 is 0 Å². The van der Waals surface area contributed by atoms with Gasteiger partial charge in [0, 0.05) is 32.1 Å². The monoisotopic (exact) mass is 437 g/mol. The zero-order valence-electron chi connectivity index (χ0n) is 17.9. The number of aromatic nitrogens is 2. The van der Waals surface area contributed by atoms with Crippen LogP contribution in [0.4, 0.5) is 5.82 Å². The molecule has 1 atom stereocenters. The van der Waals surface area contributed by atoms with Crippen molar-refractivity contribution in [1.29, 1.82) is 0 Å². The van der Waals surface area contributed by atoms with Crippen LogP contribution in [0.5, 0.6) is 0 Å². The highest BCUT2D eigenvalue weighted by Crippen LogP contribution is 2.19. The normalized spacial score (nSPS) is 15.7. The topological polar surface area (TPSA) is 120 Å². The molecule has 1 amide bonds. The molecule has 3 N–H and O–H groups in total. The third-order valence-electron chi connectivity index (χ3n) is 4.98. The van der Waals surface area contributed by atoms with Crippen LogP contribution in [0.25, 0.3) is 10.9 Å². The number of nitrogen functional groups attached to an aromatic ring is 1. The summed E-state index contributed by atoms with van der Waals surface area (Å²) >= 11 is 0. The van der Waals surface area contributed by atoms with E-state index in [4.69, 9.17) is 10.5 Å². The molecule has 1 unspecified atom stereocenters. The zero-order chi connectivity index (χ0) is 22.8. The highest BCUT2D eigenvalue weighted by atomic mass is 16.5. The second kappa shape index (κ2) is 11.7. The molecule has 0 aliphatic carbocycles. The number of hydrogen-bond acceptors (Lipinski definition) is 8. The van der Waals surface area contributed by atoms with Gasteiger partial charge in [-0.25, -0.2) is 9.97 Å². The maximum atomic E-state index is 12.4. The van der Waals surface area contributed by atoms with Gasteiger partial charge >= 0.3 is 0 Å². The molecule has 1 fully saturated rings. The number of amides is 1. The van der Waals surface area contributed by atoms with Crippen molar-refractivity contribution in [1.82, 2.24) is 20.2 Å². The molecule has 168 valence electrons. The van der Waals surface area contributed by atoms with Gasteiger partial charge < -0.3 is 25.4 Å². The van der Waals surface area contributed by atoms with Crippen LogP contribution in [0.15, 0.2) is 54.9 Å². The fourth-order valence-corrected chi connectivity index (χ4v) is 3.39. The van der Waals surface area contributed by atoms with E-state index in [1.165, 1.54) is 6.33 Å². The van der Waals surface area contributed by atoms with E-state index in [2.05, 4.69) is 20.0 Å². The molecule has 3 aromatic rings. The summed E-state index contributed by atoms with van der Waals surface area (Å²) in [5, 5.41) is 4.00. The number of fused-ring (bicyclic) bond motifs is 1. The number of carbonyl (C=O) groups is 2. The zero-order valence-corrected chi connectivity index (χ0v) is 17.9. The van der Waals surface area contributed by atoms with Crippen molar-refractivity contribution in [2.24, 2.45) is 0 Å². The van der Waals surface area contributed by atoms with Gasteiger partial charge in [-0.3, -0.25) is 9.59 Å². The number of nitrogens with zero attached hydrogens (tertiary/aromatic N) is 3. The molecule has 1 aromatic heterocycles. The van der Waals surface area contributed by atoms with E-state index in [9.17, 15) is 9.59 Å². The predicted molar refractivity (Wildman–Crippen MR) is 120 cm³/mol. The average Bonchev–Trinajstić information content (AvgIpc) is 2.82. The smallest absolute Gasteiger partial charge is 0.293 e. The van der Waals surface area contributed by atoms with Gasteiger partial charge in [-0.05, 0) is 23.3 Å². The Morgan fingerprint density at radius 3 is 2.75 bits per heavy atom. The number of benzene rings is 2. The lowest BCUT2D eigenvalue weighted by Gasteiger charge is -2.33. The summed E-state index contributed by atoms with van der Waals surface area (Å²) in [6, 6.07) is 15.1. The molecule has 4 rings (SSSR count). The highest BCUT2D eigenvalue weighted by Gasteiger charge is 2.28. The molecule has 1 aliphatic heterocycles. The molecule has 0 spiro atoms. The number of nitrogens with two attached hydrogens (primary N) is 1. The number of rotatable bonds is 7.